The Morgan fingerprint density at radius 2 is 0.884 bits per heavy atom. The van der Waals surface area contributed by atoms with Gasteiger partial charge in [-0.05, 0) is 210 Å². The zero-order chi connectivity index (χ0) is 60.2. The molecule has 0 saturated carbocycles. The summed E-state index contributed by atoms with van der Waals surface area (Å²) in [5.41, 5.74) is 28.2. The number of rotatable bonds is 7. The lowest BCUT2D eigenvalue weighted by Gasteiger charge is -2.46. The molecule has 14 rings (SSSR count). The quantitative estimate of drug-likeness (QED) is 0.147. The van der Waals surface area contributed by atoms with E-state index < -0.39 is 0 Å². The third-order valence-corrected chi connectivity index (χ3v) is 21.8. The Labute approximate surface area is 517 Å². The Kier molecular flexibility index (Phi) is 12.9. The third kappa shape index (κ3) is 9.19. The number of benzene rings is 9. The van der Waals surface area contributed by atoms with Crippen molar-refractivity contribution in [2.75, 3.05) is 14.7 Å². The molecule has 5 heteroatoms. The topological polar surface area (TPSA) is 9.72 Å². The molecular weight excluding hydrogens is 1060 g/mol. The van der Waals surface area contributed by atoms with Gasteiger partial charge in [0.25, 0.3) is 6.71 Å². The predicted molar refractivity (Wildman–Crippen MR) is 374 cm³/mol. The van der Waals surface area contributed by atoms with Crippen molar-refractivity contribution in [1.29, 1.82) is 0 Å². The van der Waals surface area contributed by atoms with Crippen molar-refractivity contribution < 1.29 is 0 Å². The van der Waals surface area contributed by atoms with Gasteiger partial charge < -0.3 is 14.7 Å². The number of fused-ring (bicyclic) bond motifs is 8. The second-order valence-electron chi connectivity index (χ2n) is 30.4. The molecule has 0 N–H and O–H groups in total. The summed E-state index contributed by atoms with van der Waals surface area (Å²) < 4.78 is 2.80. The van der Waals surface area contributed by atoms with Gasteiger partial charge in [-0.3, -0.25) is 0 Å². The number of hydrogen-bond acceptors (Lipinski definition) is 4. The van der Waals surface area contributed by atoms with Gasteiger partial charge in [0.2, 0.25) is 0 Å². The van der Waals surface area contributed by atoms with E-state index in [-0.39, 0.29) is 39.2 Å². The molecule has 86 heavy (non-hydrogen) atoms. The highest BCUT2D eigenvalue weighted by atomic mass is 32.1. The van der Waals surface area contributed by atoms with Gasteiger partial charge in [0.15, 0.2) is 0 Å². The van der Waals surface area contributed by atoms with Gasteiger partial charge in [-0.25, -0.2) is 0 Å². The van der Waals surface area contributed by atoms with Crippen molar-refractivity contribution in [3.8, 4) is 22.3 Å². The SMILES string of the molecule is Cc1cc(C(C)(C)C)ccc1N1c2ccc(C(C)(C)C)cc2B2c3sc4cc5c(cc4c3N(c3ccc4c(c3)C(C)(C)CCC4(C)C)c3cc(N(c4ccc(-c6ccccc6)cc4)c4ccc(-c6ccccc6)cc4)cc1c32)C(C)(C)CCC5(C)C. The molecule has 2 aliphatic heterocycles. The lowest BCUT2D eigenvalue weighted by molar-refractivity contribution is 0.332. The summed E-state index contributed by atoms with van der Waals surface area (Å²) in [4.78, 5) is 7.95. The van der Waals surface area contributed by atoms with Crippen molar-refractivity contribution >= 4 is 95.0 Å². The van der Waals surface area contributed by atoms with Crippen LogP contribution in [0.2, 0.25) is 0 Å². The Morgan fingerprint density at radius 3 is 1.41 bits per heavy atom. The molecule has 1 aromatic heterocycles. The molecule has 0 saturated heterocycles. The second-order valence-corrected chi connectivity index (χ2v) is 31.5. The summed E-state index contributed by atoms with van der Waals surface area (Å²) in [6.45, 7) is 36.3. The van der Waals surface area contributed by atoms with Crippen molar-refractivity contribution in [2.45, 2.75) is 162 Å². The van der Waals surface area contributed by atoms with Crippen LogP contribution in [0, 0.1) is 6.92 Å². The van der Waals surface area contributed by atoms with E-state index >= 15 is 0 Å². The number of hydrogen-bond donors (Lipinski definition) is 0. The fraction of sp³-hybridized carbons (Fsp3) is 0.309. The van der Waals surface area contributed by atoms with Gasteiger partial charge in [-0.1, -0.05) is 212 Å². The molecular formula is C81H84BN3S. The molecule has 0 spiro atoms. The average Bonchev–Trinajstić information content (AvgIpc) is 1.34. The fourth-order valence-electron chi connectivity index (χ4n) is 15.1. The van der Waals surface area contributed by atoms with Gasteiger partial charge in [-0.2, -0.15) is 0 Å². The highest BCUT2D eigenvalue weighted by molar-refractivity contribution is 7.33. The van der Waals surface area contributed by atoms with Crippen LogP contribution in [0.25, 0.3) is 32.3 Å². The zero-order valence-electron chi connectivity index (χ0n) is 53.6. The summed E-state index contributed by atoms with van der Waals surface area (Å²) in [7, 11) is 0. The van der Waals surface area contributed by atoms with E-state index in [1.807, 2.05) is 0 Å². The van der Waals surface area contributed by atoms with E-state index in [9.17, 15) is 0 Å². The Morgan fingerprint density at radius 1 is 0.419 bits per heavy atom. The summed E-state index contributed by atoms with van der Waals surface area (Å²) in [6, 6.07) is 73.0. The molecule has 10 aromatic rings. The van der Waals surface area contributed by atoms with Crippen LogP contribution in [0.3, 0.4) is 0 Å². The van der Waals surface area contributed by atoms with E-state index in [2.05, 4.69) is 318 Å². The Bertz CT molecular complexity index is 4240. The van der Waals surface area contributed by atoms with Crippen molar-refractivity contribution in [3.05, 3.63) is 227 Å². The van der Waals surface area contributed by atoms with Crippen LogP contribution >= 0.6 is 11.3 Å². The van der Waals surface area contributed by atoms with E-state index in [4.69, 9.17) is 0 Å². The van der Waals surface area contributed by atoms with E-state index in [0.29, 0.717) is 0 Å². The maximum Gasteiger partial charge on any atom is 0.264 e. The number of aryl methyl sites for hydroxylation is 1. The molecule has 0 unspecified atom stereocenters. The smallest absolute Gasteiger partial charge is 0.264 e. The minimum Gasteiger partial charge on any atom is -0.311 e. The van der Waals surface area contributed by atoms with E-state index in [1.54, 1.807) is 0 Å². The summed E-state index contributed by atoms with van der Waals surface area (Å²) in [6.07, 6.45) is 4.64. The summed E-state index contributed by atoms with van der Waals surface area (Å²) in [5.74, 6) is 0. The zero-order valence-corrected chi connectivity index (χ0v) is 54.4. The standard InChI is InChI=1S/C81H84BN3S/c1-51-44-56(76(2,3)4)30-38-68(51)85-69-39-31-57(77(5,6)7)45-67(69)82-73-70(47-61(48-71(73)85)83(58-32-26-54(27-33-58)52-22-18-16-19-23-52)59-34-28-55(29-35-59)53-24-20-17-21-25-53)84(60-36-37-63-64(46-60)79(10,11)41-40-78(63,8)9)74-62-49-65-66(50-72(62)86-75(74)82)81(14,15)43-42-80(65,12)13/h16-39,44-50H,40-43H2,1-15H3. The van der Waals surface area contributed by atoms with Crippen LogP contribution in [0.15, 0.2) is 188 Å². The van der Waals surface area contributed by atoms with Gasteiger partial charge in [-0.15, -0.1) is 11.3 Å². The molecule has 2 aliphatic carbocycles. The highest BCUT2D eigenvalue weighted by Crippen LogP contribution is 2.56. The summed E-state index contributed by atoms with van der Waals surface area (Å²) >= 11 is 2.05. The van der Waals surface area contributed by atoms with Crippen molar-refractivity contribution in [3.63, 3.8) is 0 Å². The van der Waals surface area contributed by atoms with Crippen LogP contribution in [0.4, 0.5) is 51.2 Å². The number of nitrogens with zero attached hydrogens (tertiary/aromatic N) is 3. The molecule has 0 fully saturated rings. The highest BCUT2D eigenvalue weighted by Gasteiger charge is 2.48. The first kappa shape index (κ1) is 56.2. The summed E-state index contributed by atoms with van der Waals surface area (Å²) in [5, 5.41) is 1.36. The first-order chi connectivity index (χ1) is 40.8. The van der Waals surface area contributed by atoms with Gasteiger partial charge in [0, 0.05) is 54.7 Å². The van der Waals surface area contributed by atoms with Gasteiger partial charge in [0.05, 0.1) is 11.4 Å². The average molecular weight is 1140 g/mol. The third-order valence-electron chi connectivity index (χ3n) is 20.6. The molecule has 0 amide bonds. The normalized spacial score (nSPS) is 16.9. The van der Waals surface area contributed by atoms with Crippen LogP contribution < -0.4 is 30.4 Å². The molecule has 432 valence electrons. The molecule has 3 heterocycles. The number of anilines is 9. The first-order valence-corrected chi connectivity index (χ1v) is 32.5. The monoisotopic (exact) mass is 1140 g/mol. The van der Waals surface area contributed by atoms with Gasteiger partial charge in [0.1, 0.15) is 0 Å². The van der Waals surface area contributed by atoms with Crippen LogP contribution in [-0.2, 0) is 32.5 Å². The molecule has 9 aromatic carbocycles. The van der Waals surface area contributed by atoms with Crippen molar-refractivity contribution in [1.82, 2.24) is 0 Å². The predicted octanol–water partition coefficient (Wildman–Crippen LogP) is 21.4. The molecule has 4 aliphatic rings. The Hall–Kier alpha value is -7.60. The number of thiophene rings is 1. The largest absolute Gasteiger partial charge is 0.311 e. The Balaban J connectivity index is 1.13. The molecule has 0 bridgehead atoms. The maximum absolute atomic E-state index is 2.76. The molecule has 0 atom stereocenters. The fourth-order valence-corrected chi connectivity index (χ4v) is 16.4. The lowest BCUT2D eigenvalue weighted by atomic mass is 9.36. The second kappa shape index (κ2) is 19.7. The minimum absolute atomic E-state index is 0.000844. The molecule has 3 nitrogen and oxygen atoms in total. The van der Waals surface area contributed by atoms with E-state index in [1.165, 1.54) is 134 Å². The van der Waals surface area contributed by atoms with E-state index in [0.717, 1.165) is 29.9 Å². The van der Waals surface area contributed by atoms with Crippen LogP contribution in [0.5, 0.6) is 0 Å². The maximum atomic E-state index is 2.76. The lowest BCUT2D eigenvalue weighted by Crippen LogP contribution is -2.60. The molecule has 0 radical (unpaired) electrons. The van der Waals surface area contributed by atoms with Crippen LogP contribution in [-0.4, -0.2) is 6.71 Å². The van der Waals surface area contributed by atoms with Crippen LogP contribution in [0.1, 0.15) is 162 Å². The van der Waals surface area contributed by atoms with Crippen molar-refractivity contribution in [2.24, 2.45) is 0 Å². The van der Waals surface area contributed by atoms with Gasteiger partial charge >= 0.3 is 0 Å². The minimum atomic E-state index is -0.0760. The first-order valence-electron chi connectivity index (χ1n) is 31.7.